The lowest BCUT2D eigenvalue weighted by Gasteiger charge is -2.27. The predicted molar refractivity (Wildman–Crippen MR) is 113 cm³/mol. The van der Waals surface area contributed by atoms with Crippen LogP contribution in [0.4, 0.5) is 10.1 Å². The van der Waals surface area contributed by atoms with Crippen LogP contribution in [0.3, 0.4) is 0 Å². The van der Waals surface area contributed by atoms with E-state index in [4.69, 9.17) is 11.6 Å². The number of rotatable bonds is 3. The fourth-order valence-corrected chi connectivity index (χ4v) is 6.69. The van der Waals surface area contributed by atoms with E-state index < -0.39 is 15.7 Å². The lowest BCUT2D eigenvalue weighted by atomic mass is 10.1. The molecule has 2 atom stereocenters. The van der Waals surface area contributed by atoms with Gasteiger partial charge in [0, 0.05) is 15.2 Å². The van der Waals surface area contributed by atoms with Crippen LogP contribution in [-0.4, -0.2) is 37.2 Å². The molecule has 1 fully saturated rings. The van der Waals surface area contributed by atoms with Gasteiger partial charge in [0.25, 0.3) is 0 Å². The van der Waals surface area contributed by atoms with Crippen molar-refractivity contribution >= 4 is 60.0 Å². The Labute approximate surface area is 174 Å². The largest absolute Gasteiger partial charge is 0.312 e. The first-order valence-corrected chi connectivity index (χ1v) is 12.2. The van der Waals surface area contributed by atoms with Gasteiger partial charge in [0.05, 0.1) is 29.3 Å². The van der Waals surface area contributed by atoms with E-state index in [-0.39, 0.29) is 23.6 Å². The van der Waals surface area contributed by atoms with Gasteiger partial charge in [-0.1, -0.05) is 51.4 Å². The molecule has 0 aromatic heterocycles. The molecule has 2 heterocycles. The Morgan fingerprint density at radius 2 is 1.96 bits per heavy atom. The number of thioether (sulfide) groups is 1. The van der Waals surface area contributed by atoms with Crippen LogP contribution in [0.5, 0.6) is 0 Å². The summed E-state index contributed by atoms with van der Waals surface area (Å²) in [5.74, 6) is 0.227. The number of amidine groups is 1. The Hall–Kier alpha value is -1.09. The summed E-state index contributed by atoms with van der Waals surface area (Å²) in [4.78, 5) is 6.37. The average molecular weight is 490 g/mol. The van der Waals surface area contributed by atoms with Gasteiger partial charge in [-0.15, -0.1) is 0 Å². The van der Waals surface area contributed by atoms with Crippen molar-refractivity contribution < 1.29 is 12.8 Å². The van der Waals surface area contributed by atoms with Crippen LogP contribution in [0, 0.1) is 5.82 Å². The number of nitrogens with zero attached hydrogens (tertiary/aromatic N) is 2. The monoisotopic (exact) mass is 488 g/mol. The van der Waals surface area contributed by atoms with Crippen molar-refractivity contribution in [3.8, 4) is 0 Å². The molecular formula is C18H15BrClFN2O2S2. The Bertz CT molecular complexity index is 1010. The van der Waals surface area contributed by atoms with Gasteiger partial charge in [-0.25, -0.2) is 12.8 Å². The van der Waals surface area contributed by atoms with E-state index in [1.165, 1.54) is 17.8 Å². The molecule has 0 aliphatic carbocycles. The zero-order chi connectivity index (χ0) is 19.2. The van der Waals surface area contributed by atoms with Crippen LogP contribution in [0.25, 0.3) is 0 Å². The first-order valence-electron chi connectivity index (χ1n) is 8.22. The Kier molecular flexibility index (Phi) is 5.26. The molecule has 0 saturated carbocycles. The molecule has 1 saturated heterocycles. The molecule has 0 amide bonds. The maximum absolute atomic E-state index is 14.6. The molecular weight excluding hydrogens is 475 g/mol. The van der Waals surface area contributed by atoms with Gasteiger partial charge in [0.2, 0.25) is 0 Å². The highest BCUT2D eigenvalue weighted by atomic mass is 79.9. The molecule has 0 unspecified atom stereocenters. The number of sulfone groups is 1. The molecule has 9 heteroatoms. The second-order valence-electron chi connectivity index (χ2n) is 6.50. The van der Waals surface area contributed by atoms with Gasteiger partial charge in [-0.05, 0) is 35.9 Å². The highest BCUT2D eigenvalue weighted by molar-refractivity contribution is 9.10. The first-order chi connectivity index (χ1) is 12.8. The van der Waals surface area contributed by atoms with Crippen LogP contribution >= 0.6 is 39.3 Å². The minimum Gasteiger partial charge on any atom is -0.312 e. The lowest BCUT2D eigenvalue weighted by Crippen LogP contribution is -2.39. The van der Waals surface area contributed by atoms with Crippen LogP contribution in [0.2, 0.25) is 5.02 Å². The van der Waals surface area contributed by atoms with E-state index >= 15 is 0 Å². The van der Waals surface area contributed by atoms with Gasteiger partial charge in [-0.3, -0.25) is 4.99 Å². The summed E-state index contributed by atoms with van der Waals surface area (Å²) in [7, 11) is -3.17. The number of anilines is 1. The molecule has 2 aromatic carbocycles. The molecule has 0 radical (unpaired) electrons. The maximum atomic E-state index is 14.6. The summed E-state index contributed by atoms with van der Waals surface area (Å²) in [5, 5.41) is 1.32. The second kappa shape index (κ2) is 7.39. The molecule has 0 spiro atoms. The average Bonchev–Trinajstić information content (AvgIpc) is 3.06. The van der Waals surface area contributed by atoms with Crippen LogP contribution in [0.1, 0.15) is 5.56 Å². The predicted octanol–water partition coefficient (Wildman–Crippen LogP) is 4.52. The third kappa shape index (κ3) is 4.04. The van der Waals surface area contributed by atoms with Crippen molar-refractivity contribution in [3.05, 3.63) is 63.3 Å². The molecule has 2 aliphatic heterocycles. The minimum absolute atomic E-state index is 0.0112. The maximum Gasteiger partial charge on any atom is 0.164 e. The van der Waals surface area contributed by atoms with E-state index in [1.54, 1.807) is 17.0 Å². The van der Waals surface area contributed by atoms with E-state index in [2.05, 4.69) is 20.9 Å². The van der Waals surface area contributed by atoms with Gasteiger partial charge >= 0.3 is 0 Å². The van der Waals surface area contributed by atoms with Crippen LogP contribution < -0.4 is 4.90 Å². The normalized spacial score (nSPS) is 23.4. The number of benzene rings is 2. The summed E-state index contributed by atoms with van der Waals surface area (Å²) in [6, 6.07) is 11.6. The first kappa shape index (κ1) is 19.2. The number of halogens is 3. The van der Waals surface area contributed by atoms with Gasteiger partial charge in [0.1, 0.15) is 5.82 Å². The smallest absolute Gasteiger partial charge is 0.164 e. The van der Waals surface area contributed by atoms with Crippen molar-refractivity contribution in [2.45, 2.75) is 17.8 Å². The van der Waals surface area contributed by atoms with Gasteiger partial charge < -0.3 is 4.90 Å². The standard InChI is InChI=1S/C18H15BrClFN2O2S2/c19-12-3-6-16(14(21)7-12)23-17-10-27(24,25)9-15(17)22-18(23)26-8-11-1-4-13(20)5-2-11/h1-7,15,17H,8-10H2/t15-,17-/m0/s1. The summed E-state index contributed by atoms with van der Waals surface area (Å²) in [6.45, 7) is 0. The Balaban J connectivity index is 1.64. The van der Waals surface area contributed by atoms with Gasteiger partial charge in [0.15, 0.2) is 15.0 Å². The fraction of sp³-hybridized carbons (Fsp3) is 0.278. The highest BCUT2D eigenvalue weighted by Crippen LogP contribution is 2.37. The molecule has 4 nitrogen and oxygen atoms in total. The number of aliphatic imine (C=N–C) groups is 1. The third-order valence-electron chi connectivity index (χ3n) is 4.56. The highest BCUT2D eigenvalue weighted by Gasteiger charge is 2.47. The third-order valence-corrected chi connectivity index (χ3v) is 8.04. The summed E-state index contributed by atoms with van der Waals surface area (Å²) in [6.07, 6.45) is 0. The quantitative estimate of drug-likeness (QED) is 0.636. The number of hydrogen-bond acceptors (Lipinski definition) is 5. The molecule has 0 bridgehead atoms. The molecule has 2 aromatic rings. The van der Waals surface area contributed by atoms with E-state index in [1.807, 2.05) is 24.3 Å². The molecule has 4 rings (SSSR count). The second-order valence-corrected chi connectivity index (χ2v) is 11.0. The Morgan fingerprint density at radius 3 is 2.67 bits per heavy atom. The van der Waals surface area contributed by atoms with Gasteiger partial charge in [-0.2, -0.15) is 0 Å². The van der Waals surface area contributed by atoms with E-state index in [9.17, 15) is 12.8 Å². The van der Waals surface area contributed by atoms with Crippen LogP contribution in [0.15, 0.2) is 51.9 Å². The lowest BCUT2D eigenvalue weighted by molar-refractivity contribution is 0.600. The number of hydrogen-bond donors (Lipinski definition) is 0. The topological polar surface area (TPSA) is 49.7 Å². The molecule has 0 N–H and O–H groups in total. The summed E-state index contributed by atoms with van der Waals surface area (Å²) < 4.78 is 39.4. The van der Waals surface area contributed by atoms with Crippen molar-refractivity contribution in [1.82, 2.24) is 0 Å². The SMILES string of the molecule is O=S1(=O)C[C@@H]2N=C(SCc3ccc(Cl)cc3)N(c3ccc(Br)cc3F)[C@H]2C1. The number of fused-ring (bicyclic) bond motifs is 1. The van der Waals surface area contributed by atoms with Crippen molar-refractivity contribution in [2.24, 2.45) is 4.99 Å². The minimum atomic E-state index is -3.17. The zero-order valence-electron chi connectivity index (χ0n) is 14.0. The molecule has 2 aliphatic rings. The zero-order valence-corrected chi connectivity index (χ0v) is 18.0. The summed E-state index contributed by atoms with van der Waals surface area (Å²) >= 11 is 10.7. The Morgan fingerprint density at radius 1 is 1.22 bits per heavy atom. The fourth-order valence-electron chi connectivity index (χ4n) is 3.32. The van der Waals surface area contributed by atoms with Crippen molar-refractivity contribution in [3.63, 3.8) is 0 Å². The molecule has 142 valence electrons. The van der Waals surface area contributed by atoms with E-state index in [0.717, 1.165) is 5.56 Å². The van der Waals surface area contributed by atoms with Crippen LogP contribution in [-0.2, 0) is 15.6 Å². The summed E-state index contributed by atoms with van der Waals surface area (Å²) in [5.41, 5.74) is 1.41. The van der Waals surface area contributed by atoms with Crippen molar-refractivity contribution in [2.75, 3.05) is 16.4 Å². The molecule has 27 heavy (non-hydrogen) atoms. The van der Waals surface area contributed by atoms with E-state index in [0.29, 0.717) is 26.1 Å². The van der Waals surface area contributed by atoms with Crippen molar-refractivity contribution in [1.29, 1.82) is 0 Å².